The van der Waals surface area contributed by atoms with Gasteiger partial charge in [-0.1, -0.05) is 6.07 Å². The number of rotatable bonds is 3. The van der Waals surface area contributed by atoms with Crippen molar-refractivity contribution in [2.45, 2.75) is 6.17 Å². The Hall–Kier alpha value is -1.03. The number of alkyl halides is 1. The van der Waals surface area contributed by atoms with Gasteiger partial charge in [-0.15, -0.1) is 0 Å². The summed E-state index contributed by atoms with van der Waals surface area (Å²) in [6, 6.07) is 3.22. The molecule has 0 saturated carbocycles. The van der Waals surface area contributed by atoms with Gasteiger partial charge in [0.1, 0.15) is 11.6 Å². The van der Waals surface area contributed by atoms with E-state index in [-0.39, 0.29) is 6.61 Å². The zero-order valence-electron chi connectivity index (χ0n) is 7.06. The molecule has 13 heavy (non-hydrogen) atoms. The molecule has 0 aromatic heterocycles. The van der Waals surface area contributed by atoms with Crippen LogP contribution in [0, 0.1) is 11.6 Å². The molecule has 0 amide bonds. The molecule has 0 radical (unpaired) electrons. The van der Waals surface area contributed by atoms with Gasteiger partial charge in [-0.2, -0.15) is 0 Å². The Balaban J connectivity index is 2.98. The van der Waals surface area contributed by atoms with Crippen LogP contribution in [-0.4, -0.2) is 13.7 Å². The van der Waals surface area contributed by atoms with E-state index < -0.39 is 23.4 Å². The molecule has 0 aliphatic carbocycles. The Morgan fingerprint density at radius 3 is 2.31 bits per heavy atom. The Kier molecular flexibility index (Phi) is 3.31. The van der Waals surface area contributed by atoms with E-state index in [1.54, 1.807) is 0 Å². The Labute approximate surface area is 74.1 Å². The highest BCUT2D eigenvalue weighted by Crippen LogP contribution is 2.23. The molecule has 0 fully saturated rings. The third-order valence-corrected chi connectivity index (χ3v) is 1.63. The van der Waals surface area contributed by atoms with Crippen LogP contribution in [0.25, 0.3) is 0 Å². The minimum absolute atomic E-state index is 0.349. The highest BCUT2D eigenvalue weighted by Gasteiger charge is 2.18. The van der Waals surface area contributed by atoms with Crippen molar-refractivity contribution >= 4 is 0 Å². The number of hydrogen-bond donors (Lipinski definition) is 0. The maximum Gasteiger partial charge on any atom is 0.154 e. The Morgan fingerprint density at radius 1 is 1.31 bits per heavy atom. The van der Waals surface area contributed by atoms with Crippen molar-refractivity contribution in [2.75, 3.05) is 13.7 Å². The molecule has 0 spiro atoms. The molecular weight excluding hydrogens is 181 g/mol. The van der Waals surface area contributed by atoms with E-state index in [1.807, 2.05) is 0 Å². The first-order chi connectivity index (χ1) is 6.16. The maximum absolute atomic E-state index is 13.1. The molecular formula is C9H9F3O. The van der Waals surface area contributed by atoms with Crippen LogP contribution in [0.3, 0.4) is 0 Å². The molecule has 1 rings (SSSR count). The summed E-state index contributed by atoms with van der Waals surface area (Å²) < 4.78 is 43.3. The molecule has 4 heteroatoms. The summed E-state index contributed by atoms with van der Waals surface area (Å²) in [4.78, 5) is 0. The molecule has 0 aliphatic heterocycles. The van der Waals surface area contributed by atoms with Gasteiger partial charge in [0, 0.05) is 7.11 Å². The van der Waals surface area contributed by atoms with Crippen LogP contribution >= 0.6 is 0 Å². The normalized spacial score (nSPS) is 12.9. The molecule has 1 aromatic carbocycles. The van der Waals surface area contributed by atoms with Crippen molar-refractivity contribution < 1.29 is 17.9 Å². The topological polar surface area (TPSA) is 9.23 Å². The molecule has 0 bridgehead atoms. The monoisotopic (exact) mass is 190 g/mol. The first-order valence-corrected chi connectivity index (χ1v) is 3.73. The second-order valence-corrected chi connectivity index (χ2v) is 2.56. The molecule has 1 nitrogen and oxygen atoms in total. The zero-order chi connectivity index (χ0) is 9.84. The van der Waals surface area contributed by atoms with Crippen molar-refractivity contribution in [1.82, 2.24) is 0 Å². The van der Waals surface area contributed by atoms with Crippen molar-refractivity contribution in [3.8, 4) is 0 Å². The Morgan fingerprint density at radius 2 is 1.85 bits per heavy atom. The molecule has 0 saturated heterocycles. The van der Waals surface area contributed by atoms with Crippen molar-refractivity contribution in [1.29, 1.82) is 0 Å². The summed E-state index contributed by atoms with van der Waals surface area (Å²) in [7, 11) is 1.27. The van der Waals surface area contributed by atoms with Crippen LogP contribution in [0.1, 0.15) is 11.7 Å². The molecule has 0 heterocycles. The third kappa shape index (κ3) is 2.21. The summed E-state index contributed by atoms with van der Waals surface area (Å²) in [5.41, 5.74) is -0.565. The minimum atomic E-state index is -1.76. The van der Waals surface area contributed by atoms with Crippen LogP contribution < -0.4 is 0 Å². The smallest absolute Gasteiger partial charge is 0.154 e. The van der Waals surface area contributed by atoms with E-state index in [9.17, 15) is 13.2 Å². The van der Waals surface area contributed by atoms with Gasteiger partial charge in [-0.25, -0.2) is 13.2 Å². The lowest BCUT2D eigenvalue weighted by Gasteiger charge is -2.08. The van der Waals surface area contributed by atoms with Crippen molar-refractivity contribution in [3.05, 3.63) is 35.4 Å². The van der Waals surface area contributed by atoms with Gasteiger partial charge >= 0.3 is 0 Å². The average molecular weight is 190 g/mol. The van der Waals surface area contributed by atoms with Gasteiger partial charge in [0.15, 0.2) is 6.17 Å². The SMILES string of the molecule is COCC(F)c1c(F)cccc1F. The maximum atomic E-state index is 13.1. The van der Waals surface area contributed by atoms with Crippen LogP contribution in [-0.2, 0) is 4.74 Å². The molecule has 72 valence electrons. The van der Waals surface area contributed by atoms with Gasteiger partial charge < -0.3 is 4.74 Å². The molecule has 1 atom stereocenters. The standard InChI is InChI=1S/C9H9F3O/c1-13-5-8(12)9-6(10)3-2-4-7(9)11/h2-4,8H,5H2,1H3. The van der Waals surface area contributed by atoms with Crippen molar-refractivity contribution in [3.63, 3.8) is 0 Å². The largest absolute Gasteiger partial charge is 0.381 e. The predicted octanol–water partition coefficient (Wildman–Crippen LogP) is 2.62. The fourth-order valence-electron chi connectivity index (χ4n) is 1.04. The van der Waals surface area contributed by atoms with E-state index >= 15 is 0 Å². The van der Waals surface area contributed by atoms with Gasteiger partial charge in [-0.05, 0) is 12.1 Å². The number of hydrogen-bond acceptors (Lipinski definition) is 1. The summed E-state index contributed by atoms with van der Waals surface area (Å²) in [6.07, 6.45) is -1.76. The van der Waals surface area contributed by atoms with Crippen molar-refractivity contribution in [2.24, 2.45) is 0 Å². The van der Waals surface area contributed by atoms with Crippen LogP contribution in [0.4, 0.5) is 13.2 Å². The highest BCUT2D eigenvalue weighted by atomic mass is 19.2. The molecule has 1 aromatic rings. The average Bonchev–Trinajstić information content (AvgIpc) is 2.04. The van der Waals surface area contributed by atoms with Crippen LogP contribution in [0.15, 0.2) is 18.2 Å². The van der Waals surface area contributed by atoms with Gasteiger partial charge in [-0.3, -0.25) is 0 Å². The lowest BCUT2D eigenvalue weighted by molar-refractivity contribution is 0.120. The predicted molar refractivity (Wildman–Crippen MR) is 42.1 cm³/mol. The second-order valence-electron chi connectivity index (χ2n) is 2.56. The van der Waals surface area contributed by atoms with E-state index in [4.69, 9.17) is 0 Å². The first kappa shape index (κ1) is 10.1. The Bertz CT molecular complexity index is 268. The summed E-state index contributed by atoms with van der Waals surface area (Å²) in [5, 5.41) is 0. The quantitative estimate of drug-likeness (QED) is 0.711. The number of halogens is 3. The van der Waals surface area contributed by atoms with Gasteiger partial charge in [0.05, 0.1) is 12.2 Å². The lowest BCUT2D eigenvalue weighted by atomic mass is 10.1. The fraction of sp³-hybridized carbons (Fsp3) is 0.333. The number of benzene rings is 1. The summed E-state index contributed by atoms with van der Waals surface area (Å²) >= 11 is 0. The van der Waals surface area contributed by atoms with E-state index in [0.717, 1.165) is 12.1 Å². The summed E-state index contributed by atoms with van der Waals surface area (Å²) in [6.45, 7) is -0.349. The lowest BCUT2D eigenvalue weighted by Crippen LogP contribution is -2.05. The van der Waals surface area contributed by atoms with E-state index in [1.165, 1.54) is 13.2 Å². The van der Waals surface area contributed by atoms with E-state index in [2.05, 4.69) is 4.74 Å². The van der Waals surface area contributed by atoms with Gasteiger partial charge in [0.25, 0.3) is 0 Å². The number of ether oxygens (including phenoxy) is 1. The zero-order valence-corrected chi connectivity index (χ0v) is 7.06. The van der Waals surface area contributed by atoms with E-state index in [0.29, 0.717) is 0 Å². The summed E-state index contributed by atoms with van der Waals surface area (Å²) in [5.74, 6) is -1.77. The second kappa shape index (κ2) is 4.28. The molecule has 0 N–H and O–H groups in total. The molecule has 0 aliphatic rings. The van der Waals surface area contributed by atoms with Crippen LogP contribution in [0.5, 0.6) is 0 Å². The molecule has 1 unspecified atom stereocenters. The van der Waals surface area contributed by atoms with Crippen LogP contribution in [0.2, 0.25) is 0 Å². The number of methoxy groups -OCH3 is 1. The highest BCUT2D eigenvalue weighted by molar-refractivity contribution is 5.22. The first-order valence-electron chi connectivity index (χ1n) is 3.73. The fourth-order valence-corrected chi connectivity index (χ4v) is 1.04. The van der Waals surface area contributed by atoms with Gasteiger partial charge in [0.2, 0.25) is 0 Å². The third-order valence-electron chi connectivity index (χ3n) is 1.63. The minimum Gasteiger partial charge on any atom is -0.381 e.